The van der Waals surface area contributed by atoms with Gasteiger partial charge in [0.15, 0.2) is 0 Å². The Labute approximate surface area is 159 Å². The number of hydrogen-bond acceptors (Lipinski definition) is 4. The van der Waals surface area contributed by atoms with Gasteiger partial charge in [0.1, 0.15) is 5.97 Å². The van der Waals surface area contributed by atoms with Gasteiger partial charge in [-0.25, -0.2) is 0 Å². The fourth-order valence-electron chi connectivity index (χ4n) is 1.00. The normalized spacial score (nSPS) is 10.5. The molecule has 7 heteroatoms. The van der Waals surface area contributed by atoms with Crippen LogP contribution in [-0.2, 0) is 9.59 Å². The monoisotopic (exact) mass is 296 g/mol. The molecule has 0 aliphatic carbocycles. The standard InChI is InChI=1S/C12H9ClO4.2Na/c13-9-6-4-8(5-7-9)10(14)2-1-3-11(15)12(16)17;;/h1-7,14H,(H,16,17);;/q;2*+1/p-2/b3-1+,10-2-;;. The molecule has 1 aromatic rings. The third kappa shape index (κ3) is 7.95. The van der Waals surface area contributed by atoms with Crippen LogP contribution in [0.1, 0.15) is 5.56 Å². The van der Waals surface area contributed by atoms with Gasteiger partial charge in [0.05, 0.1) is 0 Å². The molecule has 0 unspecified atom stereocenters. The van der Waals surface area contributed by atoms with Crippen molar-refractivity contribution >= 4 is 29.1 Å². The summed E-state index contributed by atoms with van der Waals surface area (Å²) >= 11 is 5.64. The molecule has 0 atom stereocenters. The van der Waals surface area contributed by atoms with E-state index in [9.17, 15) is 19.8 Å². The molecule has 19 heavy (non-hydrogen) atoms. The minimum atomic E-state index is -1.81. The minimum Gasteiger partial charge on any atom is -0.872 e. The van der Waals surface area contributed by atoms with E-state index in [-0.39, 0.29) is 64.9 Å². The zero-order valence-electron chi connectivity index (χ0n) is 10.6. The molecular formula is C12H7ClNa2O4. The molecule has 88 valence electrons. The molecule has 1 rings (SSSR count). The zero-order chi connectivity index (χ0) is 12.8. The van der Waals surface area contributed by atoms with Crippen molar-refractivity contribution in [3.8, 4) is 0 Å². The Kier molecular flexibility index (Phi) is 11.9. The molecule has 0 amide bonds. The van der Waals surface area contributed by atoms with E-state index >= 15 is 0 Å². The summed E-state index contributed by atoms with van der Waals surface area (Å²) < 4.78 is 0. The fraction of sp³-hybridized carbons (Fsp3) is 0. The first kappa shape index (κ1) is 21.2. The SMILES string of the molecule is O=C([O-])C(=O)/C=C/C=C(\[O-])c1ccc(Cl)cc1.[Na+].[Na+]. The van der Waals surface area contributed by atoms with Crippen LogP contribution in [0.25, 0.3) is 5.76 Å². The Balaban J connectivity index is 0. The summed E-state index contributed by atoms with van der Waals surface area (Å²) in [6.07, 6.45) is 2.91. The van der Waals surface area contributed by atoms with Crippen LogP contribution in [-0.4, -0.2) is 11.8 Å². The molecule has 1 aromatic carbocycles. The van der Waals surface area contributed by atoms with Gasteiger partial charge in [-0.15, -0.1) is 5.76 Å². The second-order valence-corrected chi connectivity index (χ2v) is 3.49. The number of carbonyl (C=O) groups excluding carboxylic acids is 2. The maximum absolute atomic E-state index is 11.5. The number of carboxylic acids is 1. The Hall–Kier alpha value is -0.0700. The van der Waals surface area contributed by atoms with Crippen molar-refractivity contribution in [2.45, 2.75) is 0 Å². The summed E-state index contributed by atoms with van der Waals surface area (Å²) in [5.74, 6) is -3.36. The molecule has 0 N–H and O–H groups in total. The minimum absolute atomic E-state index is 0. The molecule has 0 aliphatic rings. The second kappa shape index (κ2) is 10.7. The molecule has 0 spiro atoms. The summed E-state index contributed by atoms with van der Waals surface area (Å²) in [7, 11) is 0. The molecule has 0 radical (unpaired) electrons. The van der Waals surface area contributed by atoms with Crippen molar-refractivity contribution in [3.63, 3.8) is 0 Å². The van der Waals surface area contributed by atoms with Gasteiger partial charge in [-0.2, -0.15) is 0 Å². The molecule has 0 heterocycles. The molecular weight excluding hydrogens is 290 g/mol. The van der Waals surface area contributed by atoms with Crippen LogP contribution < -0.4 is 69.3 Å². The van der Waals surface area contributed by atoms with Crippen molar-refractivity contribution in [2.24, 2.45) is 0 Å². The number of ketones is 1. The first-order valence-corrected chi connectivity index (χ1v) is 4.95. The van der Waals surface area contributed by atoms with Crippen molar-refractivity contribution in [2.75, 3.05) is 0 Å². The van der Waals surface area contributed by atoms with Gasteiger partial charge < -0.3 is 15.0 Å². The predicted octanol–water partition coefficient (Wildman–Crippen LogP) is -6.08. The van der Waals surface area contributed by atoms with E-state index in [0.29, 0.717) is 10.6 Å². The van der Waals surface area contributed by atoms with Crippen LogP contribution in [0.5, 0.6) is 0 Å². The van der Waals surface area contributed by atoms with Crippen LogP contribution in [0, 0.1) is 0 Å². The van der Waals surface area contributed by atoms with E-state index in [2.05, 4.69) is 0 Å². The third-order valence-electron chi connectivity index (χ3n) is 1.83. The zero-order valence-corrected chi connectivity index (χ0v) is 15.3. The molecule has 0 saturated heterocycles. The predicted molar refractivity (Wildman–Crippen MR) is 58.6 cm³/mol. The molecule has 0 aliphatic heterocycles. The van der Waals surface area contributed by atoms with Gasteiger partial charge in [0.25, 0.3) is 0 Å². The molecule has 0 saturated carbocycles. The Morgan fingerprint density at radius 2 is 1.58 bits per heavy atom. The molecule has 0 aromatic heterocycles. The Morgan fingerprint density at radius 3 is 2.05 bits per heavy atom. The molecule has 0 fully saturated rings. The average Bonchev–Trinajstić information content (AvgIpc) is 2.29. The summed E-state index contributed by atoms with van der Waals surface area (Å²) in [5, 5.41) is 22.0. The largest absolute Gasteiger partial charge is 1.00 e. The van der Waals surface area contributed by atoms with E-state index in [0.717, 1.165) is 18.2 Å². The van der Waals surface area contributed by atoms with E-state index < -0.39 is 11.8 Å². The number of benzene rings is 1. The molecule has 0 bridgehead atoms. The van der Waals surface area contributed by atoms with Gasteiger partial charge in [0, 0.05) is 5.02 Å². The van der Waals surface area contributed by atoms with Crippen molar-refractivity contribution in [1.29, 1.82) is 0 Å². The molecule has 4 nitrogen and oxygen atoms in total. The number of rotatable bonds is 4. The van der Waals surface area contributed by atoms with Crippen LogP contribution in [0.2, 0.25) is 5.02 Å². The second-order valence-electron chi connectivity index (χ2n) is 3.05. The van der Waals surface area contributed by atoms with Crippen LogP contribution in [0.3, 0.4) is 0 Å². The summed E-state index contributed by atoms with van der Waals surface area (Å²) in [6.45, 7) is 0. The van der Waals surface area contributed by atoms with Gasteiger partial charge in [-0.05, 0) is 23.8 Å². The van der Waals surface area contributed by atoms with Gasteiger partial charge in [0.2, 0.25) is 5.78 Å². The van der Waals surface area contributed by atoms with Crippen molar-refractivity contribution < 1.29 is 78.9 Å². The van der Waals surface area contributed by atoms with E-state index in [4.69, 9.17) is 11.6 Å². The number of carbonyl (C=O) groups is 2. The topological polar surface area (TPSA) is 80.3 Å². The van der Waals surface area contributed by atoms with Crippen molar-refractivity contribution in [3.05, 3.63) is 53.1 Å². The maximum atomic E-state index is 11.5. The first-order valence-electron chi connectivity index (χ1n) is 4.57. The smallest absolute Gasteiger partial charge is 0.872 e. The van der Waals surface area contributed by atoms with Crippen LogP contribution >= 0.6 is 11.6 Å². The van der Waals surface area contributed by atoms with Gasteiger partial charge >= 0.3 is 59.1 Å². The number of allylic oxidation sites excluding steroid dienone is 2. The summed E-state index contributed by atoms with van der Waals surface area (Å²) in [4.78, 5) is 20.7. The number of aliphatic carboxylic acids is 1. The van der Waals surface area contributed by atoms with Gasteiger partial charge in [-0.1, -0.05) is 35.9 Å². The Bertz CT molecular complexity index is 495. The third-order valence-corrected chi connectivity index (χ3v) is 2.08. The van der Waals surface area contributed by atoms with E-state index in [1.807, 2.05) is 0 Å². The summed E-state index contributed by atoms with van der Waals surface area (Å²) in [5.41, 5.74) is 0.389. The summed E-state index contributed by atoms with van der Waals surface area (Å²) in [6, 6.07) is 6.16. The van der Waals surface area contributed by atoms with Crippen molar-refractivity contribution in [1.82, 2.24) is 0 Å². The number of hydrogen-bond donors (Lipinski definition) is 0. The average molecular weight is 297 g/mol. The number of halogens is 1. The van der Waals surface area contributed by atoms with E-state index in [1.54, 1.807) is 12.1 Å². The fourth-order valence-corrected chi connectivity index (χ4v) is 1.13. The number of carboxylic acid groups (broad SMARTS) is 1. The first-order chi connectivity index (χ1) is 8.00. The maximum Gasteiger partial charge on any atom is 1.00 e. The van der Waals surface area contributed by atoms with Gasteiger partial charge in [-0.3, -0.25) is 4.79 Å². The quantitative estimate of drug-likeness (QED) is 0.182. The Morgan fingerprint density at radius 1 is 1.05 bits per heavy atom. The van der Waals surface area contributed by atoms with E-state index in [1.165, 1.54) is 12.1 Å². The van der Waals surface area contributed by atoms with Crippen LogP contribution in [0.15, 0.2) is 42.5 Å². The van der Waals surface area contributed by atoms with Crippen LogP contribution in [0.4, 0.5) is 0 Å².